The van der Waals surface area contributed by atoms with Gasteiger partial charge in [0.1, 0.15) is 5.54 Å². The number of ether oxygens (including phenoxy) is 1. The van der Waals surface area contributed by atoms with Crippen LogP contribution < -0.4 is 4.72 Å². The van der Waals surface area contributed by atoms with Crippen molar-refractivity contribution in [1.29, 1.82) is 0 Å². The Labute approximate surface area is 107 Å². The lowest BCUT2D eigenvalue weighted by molar-refractivity contribution is -0.144. The average molecular weight is 281 g/mol. The minimum atomic E-state index is -4.10. The number of nitrogens with one attached hydrogen (secondary N) is 1. The van der Waals surface area contributed by atoms with Crippen LogP contribution in [-0.2, 0) is 24.3 Å². The van der Waals surface area contributed by atoms with Gasteiger partial charge in [0.15, 0.2) is 5.25 Å². The summed E-state index contributed by atoms with van der Waals surface area (Å²) in [6.07, 6.45) is 0.151. The molecule has 1 atom stereocenters. The third kappa shape index (κ3) is 3.42. The van der Waals surface area contributed by atoms with E-state index in [9.17, 15) is 18.0 Å². The highest BCUT2D eigenvalue weighted by molar-refractivity contribution is 7.90. The van der Waals surface area contributed by atoms with Crippen LogP contribution in [-0.4, -0.2) is 43.4 Å². The zero-order valence-electron chi connectivity index (χ0n) is 10.9. The molecule has 0 saturated heterocycles. The Morgan fingerprint density at radius 1 is 1.33 bits per heavy atom. The summed E-state index contributed by atoms with van der Waals surface area (Å²) in [5, 5.41) is 7.66. The molecule has 0 aromatic rings. The van der Waals surface area contributed by atoms with Crippen molar-refractivity contribution in [3.05, 3.63) is 0 Å². The topological polar surface area (TPSA) is 110 Å². The molecule has 0 aliphatic heterocycles. The molecule has 0 aromatic carbocycles. The van der Waals surface area contributed by atoms with Crippen LogP contribution in [0.1, 0.15) is 33.6 Å². The van der Waals surface area contributed by atoms with Crippen molar-refractivity contribution in [1.82, 2.24) is 4.72 Å². The van der Waals surface area contributed by atoms with Crippen LogP contribution in [0.4, 0.5) is 0 Å². The fraction of sp³-hybridized carbons (Fsp3) is 0.800. The van der Waals surface area contributed by atoms with Crippen molar-refractivity contribution in [3.63, 3.8) is 0 Å². The molecule has 0 fully saturated rings. The van der Waals surface area contributed by atoms with Crippen molar-refractivity contribution in [2.45, 2.75) is 44.4 Å². The fourth-order valence-corrected chi connectivity index (χ4v) is 2.84. The molecular formula is C10H19NO6S. The number of sulfonamides is 1. The van der Waals surface area contributed by atoms with E-state index in [1.165, 1.54) is 0 Å². The highest BCUT2D eigenvalue weighted by Gasteiger charge is 2.42. The van der Waals surface area contributed by atoms with Crippen LogP contribution in [0.5, 0.6) is 0 Å². The van der Waals surface area contributed by atoms with E-state index in [1.54, 1.807) is 13.8 Å². The summed E-state index contributed by atoms with van der Waals surface area (Å²) in [7, 11) is -3.04. The molecule has 2 N–H and O–H groups in total. The summed E-state index contributed by atoms with van der Waals surface area (Å²) in [4.78, 5) is 22.4. The third-order valence-electron chi connectivity index (χ3n) is 2.95. The molecular weight excluding hydrogens is 262 g/mol. The Morgan fingerprint density at radius 2 is 1.78 bits per heavy atom. The van der Waals surface area contributed by atoms with Crippen LogP contribution in [0, 0.1) is 0 Å². The SMILES string of the molecule is CCC(CC)(NS(=O)(=O)C(C)C(=O)OC)C(=O)O. The minimum Gasteiger partial charge on any atom is -0.480 e. The minimum absolute atomic E-state index is 0.0754. The van der Waals surface area contributed by atoms with Crippen molar-refractivity contribution in [2.75, 3.05) is 7.11 Å². The van der Waals surface area contributed by atoms with Gasteiger partial charge in [0.05, 0.1) is 7.11 Å². The number of carbonyl (C=O) groups is 2. The van der Waals surface area contributed by atoms with Crippen LogP contribution in [0.25, 0.3) is 0 Å². The summed E-state index contributed by atoms with van der Waals surface area (Å²) >= 11 is 0. The zero-order chi connectivity index (χ0) is 14.6. The highest BCUT2D eigenvalue weighted by Crippen LogP contribution is 2.18. The first-order valence-electron chi connectivity index (χ1n) is 5.50. The van der Waals surface area contributed by atoms with E-state index in [4.69, 9.17) is 5.11 Å². The van der Waals surface area contributed by atoms with Gasteiger partial charge in [-0.05, 0) is 19.8 Å². The standard InChI is InChI=1S/C10H19NO6S/c1-5-10(6-2,9(13)14)11-18(15,16)7(3)8(12)17-4/h7,11H,5-6H2,1-4H3,(H,13,14). The molecule has 0 saturated carbocycles. The number of aliphatic carboxylic acids is 1. The smallest absolute Gasteiger partial charge is 0.325 e. The van der Waals surface area contributed by atoms with E-state index in [0.717, 1.165) is 14.0 Å². The Hall–Kier alpha value is -1.15. The van der Waals surface area contributed by atoms with E-state index in [0.29, 0.717) is 0 Å². The maximum absolute atomic E-state index is 11.9. The van der Waals surface area contributed by atoms with E-state index in [-0.39, 0.29) is 12.8 Å². The van der Waals surface area contributed by atoms with Crippen LogP contribution in [0.15, 0.2) is 0 Å². The Bertz CT molecular complexity index is 412. The summed E-state index contributed by atoms with van der Waals surface area (Å²) in [6, 6.07) is 0. The van der Waals surface area contributed by atoms with Gasteiger partial charge < -0.3 is 9.84 Å². The number of methoxy groups -OCH3 is 1. The van der Waals surface area contributed by atoms with Gasteiger partial charge in [-0.1, -0.05) is 13.8 Å². The van der Waals surface area contributed by atoms with Gasteiger partial charge in [0.2, 0.25) is 10.0 Å². The molecule has 0 spiro atoms. The number of esters is 1. The molecule has 7 nitrogen and oxygen atoms in total. The molecule has 0 amide bonds. The normalized spacial score (nSPS) is 14.0. The molecule has 106 valence electrons. The predicted octanol–water partition coefficient (Wildman–Crippen LogP) is 0.111. The molecule has 0 heterocycles. The lowest BCUT2D eigenvalue weighted by atomic mass is 9.95. The Morgan fingerprint density at radius 3 is 2.06 bits per heavy atom. The van der Waals surface area contributed by atoms with Crippen LogP contribution in [0.2, 0.25) is 0 Å². The second-order valence-corrected chi connectivity index (χ2v) is 5.91. The van der Waals surface area contributed by atoms with Crippen LogP contribution in [0.3, 0.4) is 0 Å². The van der Waals surface area contributed by atoms with E-state index < -0.39 is 32.8 Å². The first-order valence-corrected chi connectivity index (χ1v) is 7.05. The molecule has 18 heavy (non-hydrogen) atoms. The highest BCUT2D eigenvalue weighted by atomic mass is 32.2. The summed E-state index contributed by atoms with van der Waals surface area (Å²) in [6.45, 7) is 4.26. The van der Waals surface area contributed by atoms with Crippen molar-refractivity contribution >= 4 is 22.0 Å². The lowest BCUT2D eigenvalue weighted by Gasteiger charge is -2.28. The lowest BCUT2D eigenvalue weighted by Crippen LogP contribution is -2.56. The van der Waals surface area contributed by atoms with Gasteiger partial charge in [0.25, 0.3) is 0 Å². The molecule has 0 bridgehead atoms. The van der Waals surface area contributed by atoms with Gasteiger partial charge in [-0.25, -0.2) is 8.42 Å². The number of rotatable bonds is 7. The van der Waals surface area contributed by atoms with Gasteiger partial charge >= 0.3 is 11.9 Å². The second-order valence-electron chi connectivity index (χ2n) is 3.91. The van der Waals surface area contributed by atoms with Crippen molar-refractivity contribution < 1.29 is 27.9 Å². The molecule has 0 radical (unpaired) electrons. The summed E-state index contributed by atoms with van der Waals surface area (Å²) < 4.78 is 30.2. The number of carboxylic acids is 1. The zero-order valence-corrected chi connectivity index (χ0v) is 11.7. The summed E-state index contributed by atoms with van der Waals surface area (Å²) in [5.74, 6) is -2.21. The van der Waals surface area contributed by atoms with Crippen molar-refractivity contribution in [3.8, 4) is 0 Å². The van der Waals surface area contributed by atoms with Crippen LogP contribution >= 0.6 is 0 Å². The average Bonchev–Trinajstić information content (AvgIpc) is 2.33. The van der Waals surface area contributed by atoms with Gasteiger partial charge in [0, 0.05) is 0 Å². The Kier molecular flexibility index (Phi) is 5.75. The number of carbonyl (C=O) groups excluding carboxylic acids is 1. The molecule has 8 heteroatoms. The van der Waals surface area contributed by atoms with E-state index in [1.807, 2.05) is 0 Å². The largest absolute Gasteiger partial charge is 0.480 e. The summed E-state index contributed by atoms with van der Waals surface area (Å²) in [5.41, 5.74) is -1.60. The number of carboxylic acid groups (broad SMARTS) is 1. The van der Waals surface area contributed by atoms with Crippen molar-refractivity contribution in [2.24, 2.45) is 0 Å². The fourth-order valence-electron chi connectivity index (χ4n) is 1.39. The van der Waals surface area contributed by atoms with E-state index in [2.05, 4.69) is 9.46 Å². The third-order valence-corrected chi connectivity index (χ3v) is 4.75. The van der Waals surface area contributed by atoms with E-state index >= 15 is 0 Å². The quantitative estimate of drug-likeness (QED) is 0.641. The first kappa shape index (κ1) is 16.9. The first-order chi connectivity index (χ1) is 8.16. The molecule has 0 rings (SSSR count). The molecule has 0 aromatic heterocycles. The number of hydrogen-bond donors (Lipinski definition) is 2. The molecule has 0 aliphatic carbocycles. The Balaban J connectivity index is 5.29. The maximum Gasteiger partial charge on any atom is 0.325 e. The molecule has 1 unspecified atom stereocenters. The maximum atomic E-state index is 11.9. The molecule has 0 aliphatic rings. The predicted molar refractivity (Wildman–Crippen MR) is 64.5 cm³/mol. The van der Waals surface area contributed by atoms with Gasteiger partial charge in [-0.15, -0.1) is 0 Å². The number of hydrogen-bond acceptors (Lipinski definition) is 5. The van der Waals surface area contributed by atoms with Gasteiger partial charge in [-0.3, -0.25) is 9.59 Å². The van der Waals surface area contributed by atoms with Gasteiger partial charge in [-0.2, -0.15) is 4.72 Å². The monoisotopic (exact) mass is 281 g/mol. The second kappa shape index (κ2) is 6.14.